The number of benzene rings is 2. The minimum Gasteiger partial charge on any atom is -0.348 e. The highest BCUT2D eigenvalue weighted by atomic mass is 32.2. The summed E-state index contributed by atoms with van der Waals surface area (Å²) in [6.45, 7) is 2.56. The molecule has 2 aromatic carbocycles. The molecule has 1 N–H and O–H groups in total. The third kappa shape index (κ3) is 5.24. The lowest BCUT2D eigenvalue weighted by atomic mass is 9.74. The summed E-state index contributed by atoms with van der Waals surface area (Å²) < 4.78 is 12.5. The van der Waals surface area contributed by atoms with Gasteiger partial charge in [0.2, 0.25) is 0 Å². The molecular formula is C25H28FN3OS. The van der Waals surface area contributed by atoms with Crippen LogP contribution in [0.1, 0.15) is 66.9 Å². The molecule has 0 radical (unpaired) electrons. The van der Waals surface area contributed by atoms with E-state index in [4.69, 9.17) is 0 Å². The van der Waals surface area contributed by atoms with Crippen molar-refractivity contribution in [1.82, 2.24) is 5.32 Å². The first kappa shape index (κ1) is 21.8. The largest absolute Gasteiger partial charge is 0.348 e. The summed E-state index contributed by atoms with van der Waals surface area (Å²) in [4.78, 5) is 12.8. The number of amides is 1. The van der Waals surface area contributed by atoms with E-state index >= 15 is 0 Å². The fourth-order valence-corrected chi connectivity index (χ4v) is 4.84. The Morgan fingerprint density at radius 1 is 0.968 bits per heavy atom. The van der Waals surface area contributed by atoms with Gasteiger partial charge in [0.05, 0.1) is 17.9 Å². The Morgan fingerprint density at radius 2 is 1.65 bits per heavy atom. The van der Waals surface area contributed by atoms with Gasteiger partial charge in [-0.25, -0.2) is 0 Å². The molecule has 1 aliphatic carbocycles. The van der Waals surface area contributed by atoms with Crippen molar-refractivity contribution < 1.29 is 8.68 Å². The molecule has 1 amide bonds. The van der Waals surface area contributed by atoms with Crippen LogP contribution in [0.2, 0.25) is 0 Å². The smallest absolute Gasteiger partial charge is 0.251 e. The van der Waals surface area contributed by atoms with E-state index in [1.807, 2.05) is 12.1 Å². The zero-order valence-electron chi connectivity index (χ0n) is 17.8. The summed E-state index contributed by atoms with van der Waals surface area (Å²) in [5.74, 6) is 0.793. The molecule has 31 heavy (non-hydrogen) atoms. The Labute approximate surface area is 187 Å². The van der Waals surface area contributed by atoms with E-state index in [0.717, 1.165) is 16.8 Å². The number of carbonyl (C=O) groups is 1. The second-order valence-corrected chi connectivity index (χ2v) is 9.04. The lowest BCUT2D eigenvalue weighted by Gasteiger charge is -2.32. The minimum absolute atomic E-state index is 0.168. The SMILES string of the molecule is CC1=NN=C(c2ccc(CNC(=O)c3ccc(SF)cc3)cc2)C2CCCCCCC12. The highest BCUT2D eigenvalue weighted by Crippen LogP contribution is 2.34. The average molecular weight is 438 g/mol. The van der Waals surface area contributed by atoms with Gasteiger partial charge in [-0.1, -0.05) is 49.9 Å². The number of hydrogen-bond donors (Lipinski definition) is 1. The zero-order valence-corrected chi connectivity index (χ0v) is 18.6. The van der Waals surface area contributed by atoms with Crippen molar-refractivity contribution in [1.29, 1.82) is 0 Å². The van der Waals surface area contributed by atoms with Crippen molar-refractivity contribution in [2.45, 2.75) is 56.9 Å². The standard InChI is InChI=1S/C25H28FN3OS/c1-17-22-6-4-2-3-5-7-23(22)24(29-28-17)19-10-8-18(9-11-19)16-27-25(30)20-12-14-21(31-26)15-13-20/h8-15,22-23H,2-7,16H2,1H3,(H,27,30). The van der Waals surface area contributed by atoms with Gasteiger partial charge in [-0.05, 0) is 55.2 Å². The summed E-state index contributed by atoms with van der Waals surface area (Å²) in [7, 11) is 0. The molecule has 0 bridgehead atoms. The minimum atomic E-state index is -0.168. The van der Waals surface area contributed by atoms with Crippen LogP contribution in [0, 0.1) is 11.8 Å². The Bertz CT molecular complexity index is 969. The van der Waals surface area contributed by atoms with Crippen LogP contribution in [0.15, 0.2) is 63.6 Å². The van der Waals surface area contributed by atoms with Crippen LogP contribution in [0.5, 0.6) is 0 Å². The van der Waals surface area contributed by atoms with E-state index in [1.165, 1.54) is 44.2 Å². The molecule has 2 unspecified atom stereocenters. The van der Waals surface area contributed by atoms with Gasteiger partial charge in [0.15, 0.2) is 0 Å². The first-order valence-corrected chi connectivity index (χ1v) is 11.8. The van der Waals surface area contributed by atoms with Crippen molar-refractivity contribution in [3.8, 4) is 0 Å². The molecule has 0 spiro atoms. The molecule has 0 aromatic heterocycles. The summed E-state index contributed by atoms with van der Waals surface area (Å²) in [5.41, 5.74) is 4.96. The van der Waals surface area contributed by atoms with Crippen molar-refractivity contribution in [3.05, 3.63) is 65.2 Å². The van der Waals surface area contributed by atoms with Crippen molar-refractivity contribution in [2.75, 3.05) is 0 Å². The molecule has 162 valence electrons. The third-order valence-corrected chi connectivity index (χ3v) is 6.83. The number of rotatable bonds is 5. The zero-order chi connectivity index (χ0) is 21.6. The van der Waals surface area contributed by atoms with Gasteiger partial charge >= 0.3 is 0 Å². The van der Waals surface area contributed by atoms with Crippen LogP contribution in [0.25, 0.3) is 0 Å². The maximum absolute atomic E-state index is 12.5. The second-order valence-electron chi connectivity index (χ2n) is 8.41. The highest BCUT2D eigenvalue weighted by molar-refractivity contribution is 7.94. The first-order chi connectivity index (χ1) is 15.2. The Kier molecular flexibility index (Phi) is 7.17. The van der Waals surface area contributed by atoms with E-state index in [2.05, 4.69) is 34.6 Å². The Morgan fingerprint density at radius 3 is 2.32 bits per heavy atom. The lowest BCUT2D eigenvalue weighted by molar-refractivity contribution is 0.0951. The monoisotopic (exact) mass is 437 g/mol. The van der Waals surface area contributed by atoms with Crippen molar-refractivity contribution in [2.24, 2.45) is 22.0 Å². The molecule has 2 atom stereocenters. The van der Waals surface area contributed by atoms with Gasteiger partial charge in [-0.15, -0.1) is 0 Å². The maximum Gasteiger partial charge on any atom is 0.251 e. The molecule has 1 saturated carbocycles. The van der Waals surface area contributed by atoms with Crippen molar-refractivity contribution in [3.63, 3.8) is 0 Å². The number of hydrogen-bond acceptors (Lipinski definition) is 4. The summed E-state index contributed by atoms with van der Waals surface area (Å²) in [6.07, 6.45) is 7.53. The predicted octanol–water partition coefficient (Wildman–Crippen LogP) is 6.36. The van der Waals surface area contributed by atoms with Crippen LogP contribution in [0.3, 0.4) is 0 Å². The Balaban J connectivity index is 1.42. The highest BCUT2D eigenvalue weighted by Gasteiger charge is 2.32. The fraction of sp³-hybridized carbons (Fsp3) is 0.400. The molecule has 1 fully saturated rings. The van der Waals surface area contributed by atoms with Crippen LogP contribution in [0.4, 0.5) is 3.89 Å². The Hall–Kier alpha value is -2.47. The molecule has 4 rings (SSSR count). The van der Waals surface area contributed by atoms with Gasteiger partial charge in [0.25, 0.3) is 5.91 Å². The molecule has 6 heteroatoms. The second kappa shape index (κ2) is 10.2. The first-order valence-electron chi connectivity index (χ1n) is 11.0. The average Bonchev–Trinajstić information content (AvgIpc) is 2.79. The number of halogens is 1. The molecule has 0 saturated heterocycles. The molecule has 4 nitrogen and oxygen atoms in total. The molecular weight excluding hydrogens is 409 g/mol. The van der Waals surface area contributed by atoms with Gasteiger partial charge < -0.3 is 5.32 Å². The van der Waals surface area contributed by atoms with Crippen LogP contribution < -0.4 is 5.32 Å². The molecule has 2 aliphatic rings. The van der Waals surface area contributed by atoms with Gasteiger partial charge in [-0.2, -0.15) is 14.1 Å². The van der Waals surface area contributed by atoms with Crippen LogP contribution >= 0.6 is 12.1 Å². The quantitative estimate of drug-likeness (QED) is 0.592. The number of nitrogens with one attached hydrogen (secondary N) is 1. The molecule has 1 heterocycles. The van der Waals surface area contributed by atoms with Gasteiger partial charge in [0, 0.05) is 34.6 Å². The van der Waals surface area contributed by atoms with E-state index in [9.17, 15) is 8.68 Å². The number of fused-ring (bicyclic) bond motifs is 1. The fourth-order valence-electron chi connectivity index (χ4n) is 4.60. The normalized spacial score (nSPS) is 21.2. The van der Waals surface area contributed by atoms with E-state index in [1.54, 1.807) is 24.3 Å². The van der Waals surface area contributed by atoms with Crippen LogP contribution in [-0.4, -0.2) is 17.3 Å². The summed E-state index contributed by atoms with van der Waals surface area (Å²) >= 11 is 0.172. The van der Waals surface area contributed by atoms with E-state index < -0.39 is 0 Å². The number of nitrogens with zero attached hydrogens (tertiary/aromatic N) is 2. The van der Waals surface area contributed by atoms with Crippen molar-refractivity contribution >= 4 is 29.5 Å². The van der Waals surface area contributed by atoms with Gasteiger partial charge in [0.1, 0.15) is 0 Å². The number of carbonyl (C=O) groups excluding carboxylic acids is 1. The summed E-state index contributed by atoms with van der Waals surface area (Å²) in [6, 6.07) is 14.8. The topological polar surface area (TPSA) is 53.8 Å². The maximum atomic E-state index is 12.5. The van der Waals surface area contributed by atoms with Gasteiger partial charge in [-0.3, -0.25) is 4.79 Å². The third-order valence-electron chi connectivity index (χ3n) is 6.38. The summed E-state index contributed by atoms with van der Waals surface area (Å²) in [5, 5.41) is 12.0. The lowest BCUT2D eigenvalue weighted by Crippen LogP contribution is -2.33. The van der Waals surface area contributed by atoms with E-state index in [-0.39, 0.29) is 18.1 Å². The predicted molar refractivity (Wildman–Crippen MR) is 125 cm³/mol. The molecule has 1 aliphatic heterocycles. The van der Waals surface area contributed by atoms with E-state index in [0.29, 0.717) is 28.8 Å². The van der Waals surface area contributed by atoms with Crippen LogP contribution in [-0.2, 0) is 6.54 Å². The molecule has 2 aromatic rings.